The third-order valence-electron chi connectivity index (χ3n) is 8.31. The van der Waals surface area contributed by atoms with Gasteiger partial charge in [-0.3, -0.25) is 0 Å². The highest BCUT2D eigenvalue weighted by atomic mass is 15.1. The zero-order chi connectivity index (χ0) is 27.9. The summed E-state index contributed by atoms with van der Waals surface area (Å²) in [6, 6.07) is 50.4. The summed E-state index contributed by atoms with van der Waals surface area (Å²) < 4.78 is 2.37. The number of hydrogen-bond acceptors (Lipinski definition) is 1. The van der Waals surface area contributed by atoms with E-state index in [9.17, 15) is 0 Å². The Kier molecular flexibility index (Phi) is 6.17. The molecular weight excluding hydrogens is 496 g/mol. The maximum atomic E-state index is 2.37. The average molecular weight is 529 g/mol. The maximum absolute atomic E-state index is 2.37. The third-order valence-corrected chi connectivity index (χ3v) is 8.31. The zero-order valence-corrected chi connectivity index (χ0v) is 23.7. The first kappa shape index (κ1) is 24.9. The number of aryl methyl sites for hydroxylation is 2. The Bertz CT molecular complexity index is 2010. The van der Waals surface area contributed by atoms with Crippen molar-refractivity contribution in [1.29, 1.82) is 0 Å². The lowest BCUT2D eigenvalue weighted by Crippen LogP contribution is -2.09. The monoisotopic (exact) mass is 528 g/mol. The van der Waals surface area contributed by atoms with E-state index in [0.29, 0.717) is 0 Å². The first-order valence-electron chi connectivity index (χ1n) is 14.2. The van der Waals surface area contributed by atoms with Crippen LogP contribution in [0, 0.1) is 13.8 Å². The van der Waals surface area contributed by atoms with E-state index in [2.05, 4.69) is 170 Å². The fraction of sp³-hybridized carbons (Fsp3) is 0.0769. The molecular formula is C39H32N2. The van der Waals surface area contributed by atoms with Gasteiger partial charge < -0.3 is 9.47 Å². The lowest BCUT2D eigenvalue weighted by molar-refractivity contribution is 1.18. The number of fused-ring (bicyclic) bond motifs is 3. The molecule has 0 N–H and O–H groups in total. The Morgan fingerprint density at radius 1 is 0.463 bits per heavy atom. The second-order valence-electron chi connectivity index (χ2n) is 10.8. The van der Waals surface area contributed by atoms with Crippen LogP contribution in [0.2, 0.25) is 0 Å². The van der Waals surface area contributed by atoms with Crippen LogP contribution in [0.1, 0.15) is 11.1 Å². The van der Waals surface area contributed by atoms with Gasteiger partial charge >= 0.3 is 0 Å². The van der Waals surface area contributed by atoms with E-state index in [1.165, 1.54) is 66.6 Å². The number of nitrogens with zero attached hydrogens (tertiary/aromatic N) is 2. The van der Waals surface area contributed by atoms with Gasteiger partial charge in [0.1, 0.15) is 0 Å². The molecule has 0 aliphatic heterocycles. The molecule has 1 aromatic heterocycles. The van der Waals surface area contributed by atoms with Crippen LogP contribution in [-0.4, -0.2) is 11.6 Å². The number of benzene rings is 6. The van der Waals surface area contributed by atoms with E-state index in [1.807, 2.05) is 0 Å². The maximum Gasteiger partial charge on any atom is 0.0547 e. The molecule has 41 heavy (non-hydrogen) atoms. The van der Waals surface area contributed by atoms with E-state index >= 15 is 0 Å². The van der Waals surface area contributed by atoms with E-state index in [4.69, 9.17) is 0 Å². The van der Waals surface area contributed by atoms with Crippen LogP contribution < -0.4 is 4.90 Å². The number of anilines is 2. The summed E-state index contributed by atoms with van der Waals surface area (Å²) >= 11 is 0. The average Bonchev–Trinajstić information content (AvgIpc) is 3.35. The van der Waals surface area contributed by atoms with Crippen LogP contribution in [0.4, 0.5) is 11.4 Å². The van der Waals surface area contributed by atoms with Gasteiger partial charge in [-0.1, -0.05) is 91.0 Å². The summed E-state index contributed by atoms with van der Waals surface area (Å²) in [7, 11) is 2.14. The summed E-state index contributed by atoms with van der Waals surface area (Å²) in [5.41, 5.74) is 13.6. The van der Waals surface area contributed by atoms with Crippen LogP contribution in [0.25, 0.3) is 49.7 Å². The molecule has 7 aromatic rings. The van der Waals surface area contributed by atoms with Gasteiger partial charge in [0.25, 0.3) is 0 Å². The second kappa shape index (κ2) is 10.1. The topological polar surface area (TPSA) is 8.17 Å². The van der Waals surface area contributed by atoms with Crippen LogP contribution in [0.15, 0.2) is 140 Å². The molecule has 0 bridgehead atoms. The van der Waals surface area contributed by atoms with Crippen molar-refractivity contribution in [1.82, 2.24) is 4.57 Å². The van der Waals surface area contributed by atoms with Gasteiger partial charge in [-0.2, -0.15) is 0 Å². The van der Waals surface area contributed by atoms with E-state index in [-0.39, 0.29) is 0 Å². The predicted octanol–water partition coefficient (Wildman–Crippen LogP) is 10.5. The molecule has 0 aliphatic carbocycles. The van der Waals surface area contributed by atoms with E-state index in [1.54, 1.807) is 0 Å². The minimum Gasteiger partial charge on any atom is -0.345 e. The van der Waals surface area contributed by atoms with Crippen LogP contribution in [-0.2, 0) is 0 Å². The van der Waals surface area contributed by atoms with Gasteiger partial charge in [0.15, 0.2) is 0 Å². The van der Waals surface area contributed by atoms with Crippen LogP contribution in [0.5, 0.6) is 0 Å². The molecule has 198 valence electrons. The van der Waals surface area contributed by atoms with Gasteiger partial charge in [-0.05, 0) is 95.8 Å². The van der Waals surface area contributed by atoms with Crippen molar-refractivity contribution >= 4 is 33.2 Å². The summed E-state index contributed by atoms with van der Waals surface area (Å²) in [5, 5.41) is 2.55. The molecule has 2 heteroatoms. The molecule has 0 saturated heterocycles. The second-order valence-corrected chi connectivity index (χ2v) is 10.8. The molecule has 6 aromatic carbocycles. The van der Waals surface area contributed by atoms with Crippen molar-refractivity contribution in [3.8, 4) is 27.9 Å². The predicted molar refractivity (Wildman–Crippen MR) is 176 cm³/mol. The molecule has 0 aliphatic rings. The molecule has 0 spiro atoms. The highest BCUT2D eigenvalue weighted by Gasteiger charge is 2.14. The Morgan fingerprint density at radius 3 is 1.88 bits per heavy atom. The van der Waals surface area contributed by atoms with Crippen molar-refractivity contribution in [3.63, 3.8) is 0 Å². The Labute approximate surface area is 241 Å². The fourth-order valence-corrected chi connectivity index (χ4v) is 6.07. The van der Waals surface area contributed by atoms with Crippen molar-refractivity contribution in [2.75, 3.05) is 11.9 Å². The first-order valence-corrected chi connectivity index (χ1v) is 14.2. The largest absolute Gasteiger partial charge is 0.345 e. The number of aromatic nitrogens is 1. The quantitative estimate of drug-likeness (QED) is 0.216. The fourth-order valence-electron chi connectivity index (χ4n) is 6.07. The summed E-state index contributed by atoms with van der Waals surface area (Å²) in [6.45, 7) is 4.38. The molecule has 0 unspecified atom stereocenters. The number of para-hydroxylation sites is 2. The van der Waals surface area contributed by atoms with Gasteiger partial charge in [0.2, 0.25) is 0 Å². The van der Waals surface area contributed by atoms with Crippen molar-refractivity contribution < 1.29 is 0 Å². The molecule has 0 atom stereocenters. The smallest absolute Gasteiger partial charge is 0.0547 e. The Balaban J connectivity index is 1.23. The third kappa shape index (κ3) is 4.38. The minimum absolute atomic E-state index is 1.16. The lowest BCUT2D eigenvalue weighted by atomic mass is 9.96. The van der Waals surface area contributed by atoms with Crippen molar-refractivity contribution in [2.45, 2.75) is 13.8 Å². The number of rotatable bonds is 5. The zero-order valence-electron chi connectivity index (χ0n) is 23.7. The van der Waals surface area contributed by atoms with Gasteiger partial charge in [0, 0.05) is 34.9 Å². The first-order chi connectivity index (χ1) is 20.1. The van der Waals surface area contributed by atoms with E-state index in [0.717, 1.165) is 5.69 Å². The molecule has 0 amide bonds. The van der Waals surface area contributed by atoms with Crippen molar-refractivity contribution in [2.24, 2.45) is 0 Å². The molecule has 7 rings (SSSR count). The van der Waals surface area contributed by atoms with Gasteiger partial charge in [-0.25, -0.2) is 0 Å². The normalized spacial score (nSPS) is 11.3. The summed E-state index contributed by atoms with van der Waals surface area (Å²) in [5.74, 6) is 0. The van der Waals surface area contributed by atoms with Crippen LogP contribution in [0.3, 0.4) is 0 Å². The molecule has 0 radical (unpaired) electrons. The molecule has 0 fully saturated rings. The number of hydrogen-bond donors (Lipinski definition) is 0. The van der Waals surface area contributed by atoms with Crippen LogP contribution >= 0.6 is 0 Å². The molecule has 0 saturated carbocycles. The Morgan fingerprint density at radius 2 is 1.10 bits per heavy atom. The SMILES string of the molecule is Cc1ccccc1-c1ccc(N(C)c2ccc(-c3ccc4c5ccccc5n(-c5ccccc5)c4c3)cc2)cc1C. The standard InChI is InChI=1S/C39H32N2/c1-27-11-7-8-14-34(27)35-24-22-33(25-28(35)2)40(3)31-20-17-29(18-21-31)30-19-23-37-36-15-9-10-16-38(36)41(39(37)26-30)32-12-5-4-6-13-32/h4-26H,1-3H3. The highest BCUT2D eigenvalue weighted by Crippen LogP contribution is 2.36. The highest BCUT2D eigenvalue weighted by molar-refractivity contribution is 6.10. The molecule has 2 nitrogen and oxygen atoms in total. The Hall–Kier alpha value is -5.08. The van der Waals surface area contributed by atoms with E-state index < -0.39 is 0 Å². The van der Waals surface area contributed by atoms with Gasteiger partial charge in [0.05, 0.1) is 11.0 Å². The van der Waals surface area contributed by atoms with Crippen molar-refractivity contribution in [3.05, 3.63) is 151 Å². The lowest BCUT2D eigenvalue weighted by Gasteiger charge is -2.21. The minimum atomic E-state index is 1.16. The summed E-state index contributed by atoms with van der Waals surface area (Å²) in [4.78, 5) is 2.26. The summed E-state index contributed by atoms with van der Waals surface area (Å²) in [6.07, 6.45) is 0. The molecule has 1 heterocycles. The van der Waals surface area contributed by atoms with Gasteiger partial charge in [-0.15, -0.1) is 0 Å².